The van der Waals surface area contributed by atoms with Crippen LogP contribution in [0, 0.1) is 23.7 Å². The van der Waals surface area contributed by atoms with Gasteiger partial charge in [-0.05, 0) is 67.1 Å². The van der Waals surface area contributed by atoms with Crippen LogP contribution in [0.3, 0.4) is 0 Å². The Labute approximate surface area is 120 Å². The highest BCUT2D eigenvalue weighted by Crippen LogP contribution is 2.58. The van der Waals surface area contributed by atoms with Crippen molar-refractivity contribution in [2.75, 3.05) is 0 Å². The van der Waals surface area contributed by atoms with Gasteiger partial charge in [0.2, 0.25) is 0 Å². The smallest absolute Gasteiger partial charge is 0.0409 e. The molecule has 0 spiro atoms. The van der Waals surface area contributed by atoms with E-state index in [-0.39, 0.29) is 0 Å². The van der Waals surface area contributed by atoms with Crippen LogP contribution in [-0.2, 0) is 6.54 Å². The topological polar surface area (TPSA) is 12.0 Å². The first-order valence-electron chi connectivity index (χ1n) is 7.79. The zero-order chi connectivity index (χ0) is 12.8. The van der Waals surface area contributed by atoms with E-state index in [1.165, 1.54) is 37.7 Å². The van der Waals surface area contributed by atoms with E-state index in [0.717, 1.165) is 41.3 Å². The molecule has 0 aromatic heterocycles. The van der Waals surface area contributed by atoms with E-state index in [9.17, 15) is 0 Å². The molecule has 3 aliphatic carbocycles. The average molecular weight is 276 g/mol. The number of nitrogens with one attached hydrogen (secondary N) is 1. The van der Waals surface area contributed by atoms with Gasteiger partial charge in [-0.15, -0.1) is 0 Å². The molecular formula is C17H22ClN. The third kappa shape index (κ3) is 2.11. The van der Waals surface area contributed by atoms with Crippen LogP contribution in [-0.4, -0.2) is 6.04 Å². The fraction of sp³-hybridized carbons (Fsp3) is 0.647. The van der Waals surface area contributed by atoms with Crippen molar-refractivity contribution >= 4 is 11.6 Å². The van der Waals surface area contributed by atoms with Crippen LogP contribution in [0.1, 0.15) is 37.7 Å². The van der Waals surface area contributed by atoms with Crippen molar-refractivity contribution < 1.29 is 0 Å². The lowest BCUT2D eigenvalue weighted by Crippen LogP contribution is -2.38. The fourth-order valence-electron chi connectivity index (χ4n) is 5.20. The van der Waals surface area contributed by atoms with Gasteiger partial charge in [-0.3, -0.25) is 0 Å². The van der Waals surface area contributed by atoms with Crippen LogP contribution in [0.5, 0.6) is 0 Å². The number of fused-ring (bicyclic) bond motifs is 5. The minimum Gasteiger partial charge on any atom is -0.310 e. The Morgan fingerprint density at radius 2 is 2.00 bits per heavy atom. The zero-order valence-electron chi connectivity index (χ0n) is 11.3. The maximum Gasteiger partial charge on any atom is 0.0409 e. The lowest BCUT2D eigenvalue weighted by Gasteiger charge is -2.32. The van der Waals surface area contributed by atoms with Crippen LogP contribution in [0.2, 0.25) is 5.02 Å². The van der Waals surface area contributed by atoms with Crippen molar-refractivity contribution in [2.45, 2.75) is 44.7 Å². The molecule has 1 aromatic carbocycles. The Morgan fingerprint density at radius 1 is 1.11 bits per heavy atom. The summed E-state index contributed by atoms with van der Waals surface area (Å²) in [5.74, 6) is 4.15. The van der Waals surface area contributed by atoms with Gasteiger partial charge < -0.3 is 5.32 Å². The molecule has 2 unspecified atom stereocenters. The summed E-state index contributed by atoms with van der Waals surface area (Å²) in [6.45, 7) is 0.978. The SMILES string of the molecule is Clc1cccc(CN[C@@H]2CC3CC2[C@H]2CCC[C@@H]32)c1. The Hall–Kier alpha value is -0.530. The molecular weight excluding hydrogens is 254 g/mol. The second-order valence-corrected chi connectivity index (χ2v) is 7.21. The molecule has 3 aliphatic rings. The van der Waals surface area contributed by atoms with Gasteiger partial charge in [0.05, 0.1) is 0 Å². The Morgan fingerprint density at radius 3 is 2.89 bits per heavy atom. The van der Waals surface area contributed by atoms with E-state index in [2.05, 4.69) is 17.4 Å². The molecule has 1 N–H and O–H groups in total. The van der Waals surface area contributed by atoms with Gasteiger partial charge in [0, 0.05) is 17.6 Å². The van der Waals surface area contributed by atoms with Crippen molar-refractivity contribution in [1.29, 1.82) is 0 Å². The van der Waals surface area contributed by atoms with Crippen molar-refractivity contribution in [2.24, 2.45) is 23.7 Å². The van der Waals surface area contributed by atoms with Crippen molar-refractivity contribution in [3.63, 3.8) is 0 Å². The van der Waals surface area contributed by atoms with Crippen LogP contribution < -0.4 is 5.32 Å². The summed E-state index contributed by atoms with van der Waals surface area (Å²) < 4.78 is 0. The van der Waals surface area contributed by atoms with Gasteiger partial charge >= 0.3 is 0 Å². The van der Waals surface area contributed by atoms with E-state index < -0.39 is 0 Å². The van der Waals surface area contributed by atoms with E-state index in [4.69, 9.17) is 11.6 Å². The first kappa shape index (κ1) is 12.2. The molecule has 0 aliphatic heterocycles. The summed E-state index contributed by atoms with van der Waals surface area (Å²) in [5, 5.41) is 4.66. The van der Waals surface area contributed by atoms with Gasteiger partial charge in [0.25, 0.3) is 0 Å². The summed E-state index contributed by atoms with van der Waals surface area (Å²) in [7, 11) is 0. The first-order valence-corrected chi connectivity index (χ1v) is 8.17. The average Bonchev–Trinajstić information content (AvgIpc) is 3.08. The third-order valence-corrected chi connectivity index (χ3v) is 6.12. The molecule has 2 heteroatoms. The van der Waals surface area contributed by atoms with E-state index in [1.807, 2.05) is 12.1 Å². The highest BCUT2D eigenvalue weighted by atomic mass is 35.5. The molecule has 2 bridgehead atoms. The van der Waals surface area contributed by atoms with Crippen molar-refractivity contribution in [3.05, 3.63) is 34.9 Å². The van der Waals surface area contributed by atoms with Crippen LogP contribution >= 0.6 is 11.6 Å². The lowest BCUT2D eigenvalue weighted by atomic mass is 9.79. The van der Waals surface area contributed by atoms with E-state index >= 15 is 0 Å². The van der Waals surface area contributed by atoms with E-state index in [0.29, 0.717) is 0 Å². The van der Waals surface area contributed by atoms with Crippen molar-refractivity contribution in [1.82, 2.24) is 5.32 Å². The van der Waals surface area contributed by atoms with Gasteiger partial charge in [-0.2, -0.15) is 0 Å². The molecule has 0 heterocycles. The van der Waals surface area contributed by atoms with Crippen LogP contribution in [0.25, 0.3) is 0 Å². The van der Waals surface area contributed by atoms with Gasteiger partial charge in [0.15, 0.2) is 0 Å². The highest BCUT2D eigenvalue weighted by molar-refractivity contribution is 6.30. The second-order valence-electron chi connectivity index (χ2n) is 6.77. The molecule has 3 fully saturated rings. The standard InChI is InChI=1S/C17H22ClN/c18-13-4-1-3-11(7-13)10-19-17-9-12-8-16(17)15-6-2-5-14(12)15/h1,3-4,7,12,14-17,19H,2,5-6,8-10H2/t12?,14-,15-,16?,17+/m0/s1. The maximum atomic E-state index is 6.05. The largest absolute Gasteiger partial charge is 0.310 e. The predicted octanol–water partition coefficient (Wildman–Crippen LogP) is 4.25. The highest BCUT2D eigenvalue weighted by Gasteiger charge is 2.53. The quantitative estimate of drug-likeness (QED) is 0.869. The molecule has 102 valence electrons. The van der Waals surface area contributed by atoms with Crippen LogP contribution in [0.15, 0.2) is 24.3 Å². The minimum atomic E-state index is 0.767. The Kier molecular flexibility index (Phi) is 3.08. The monoisotopic (exact) mass is 275 g/mol. The number of hydrogen-bond donors (Lipinski definition) is 1. The maximum absolute atomic E-state index is 6.05. The molecule has 1 nitrogen and oxygen atoms in total. The number of benzene rings is 1. The molecule has 0 saturated heterocycles. The zero-order valence-corrected chi connectivity index (χ0v) is 12.1. The summed E-state index contributed by atoms with van der Waals surface area (Å²) in [5.41, 5.74) is 1.32. The van der Waals surface area contributed by atoms with Gasteiger partial charge in [0.1, 0.15) is 0 Å². The summed E-state index contributed by atoms with van der Waals surface area (Å²) in [6.07, 6.45) is 7.44. The lowest BCUT2D eigenvalue weighted by molar-refractivity contribution is 0.208. The van der Waals surface area contributed by atoms with Gasteiger partial charge in [-0.25, -0.2) is 0 Å². The van der Waals surface area contributed by atoms with Gasteiger partial charge in [-0.1, -0.05) is 30.2 Å². The number of halogens is 1. The summed E-state index contributed by atoms with van der Waals surface area (Å²) in [4.78, 5) is 0. The number of hydrogen-bond acceptors (Lipinski definition) is 1. The second kappa shape index (κ2) is 4.79. The molecule has 3 saturated carbocycles. The van der Waals surface area contributed by atoms with E-state index in [1.54, 1.807) is 0 Å². The normalized spacial score (nSPS) is 39.7. The number of rotatable bonds is 3. The van der Waals surface area contributed by atoms with Crippen molar-refractivity contribution in [3.8, 4) is 0 Å². The molecule has 4 rings (SSSR count). The predicted molar refractivity (Wildman–Crippen MR) is 79.1 cm³/mol. The minimum absolute atomic E-state index is 0.767. The Balaban J connectivity index is 1.40. The summed E-state index contributed by atoms with van der Waals surface area (Å²) in [6, 6.07) is 9.02. The molecule has 1 aromatic rings. The molecule has 19 heavy (non-hydrogen) atoms. The fourth-order valence-corrected chi connectivity index (χ4v) is 5.41. The third-order valence-electron chi connectivity index (χ3n) is 5.89. The van der Waals surface area contributed by atoms with Crippen LogP contribution in [0.4, 0.5) is 0 Å². The summed E-state index contributed by atoms with van der Waals surface area (Å²) >= 11 is 6.05. The molecule has 0 amide bonds. The first-order chi connectivity index (χ1) is 9.31. The molecule has 5 atom stereocenters. The molecule has 0 radical (unpaired) electrons. The Bertz CT molecular complexity index is 472.